The number of anilines is 2. The van der Waals surface area contributed by atoms with E-state index in [9.17, 15) is 4.79 Å². The molecule has 1 amide bonds. The van der Waals surface area contributed by atoms with E-state index in [-0.39, 0.29) is 11.2 Å². The quantitative estimate of drug-likeness (QED) is 0.828. The molecule has 1 fully saturated rings. The number of carbonyl (C=O) groups excluding carboxylic acids is 1. The molecule has 1 atom stereocenters. The van der Waals surface area contributed by atoms with Crippen LogP contribution in [0.4, 0.5) is 11.4 Å². The summed E-state index contributed by atoms with van der Waals surface area (Å²) in [6.45, 7) is 4.16. The van der Waals surface area contributed by atoms with Crippen molar-refractivity contribution in [3.05, 3.63) is 48.7 Å². The highest BCUT2D eigenvalue weighted by Gasteiger charge is 2.15. The summed E-state index contributed by atoms with van der Waals surface area (Å²) < 4.78 is 0. The molecular formula is C19H23N3OS. The van der Waals surface area contributed by atoms with Crippen LogP contribution in [0.15, 0.2) is 53.7 Å². The van der Waals surface area contributed by atoms with Gasteiger partial charge in [0.25, 0.3) is 0 Å². The number of hydrogen-bond donors (Lipinski definition) is 1. The number of thioether (sulfide) groups is 1. The van der Waals surface area contributed by atoms with E-state index >= 15 is 0 Å². The summed E-state index contributed by atoms with van der Waals surface area (Å²) in [5, 5.41) is 3.65. The van der Waals surface area contributed by atoms with Crippen LogP contribution < -0.4 is 10.2 Å². The molecule has 0 saturated carbocycles. The van der Waals surface area contributed by atoms with E-state index in [2.05, 4.69) is 27.3 Å². The van der Waals surface area contributed by atoms with Crippen LogP contribution in [0.2, 0.25) is 0 Å². The van der Waals surface area contributed by atoms with E-state index in [4.69, 9.17) is 0 Å². The van der Waals surface area contributed by atoms with Crippen molar-refractivity contribution in [1.82, 2.24) is 4.98 Å². The van der Waals surface area contributed by atoms with Gasteiger partial charge in [-0.1, -0.05) is 17.8 Å². The van der Waals surface area contributed by atoms with Gasteiger partial charge >= 0.3 is 0 Å². The van der Waals surface area contributed by atoms with Gasteiger partial charge in [0.05, 0.1) is 10.3 Å². The fourth-order valence-electron chi connectivity index (χ4n) is 2.80. The van der Waals surface area contributed by atoms with Crippen LogP contribution in [0, 0.1) is 0 Å². The van der Waals surface area contributed by atoms with Crippen LogP contribution in [0.5, 0.6) is 0 Å². The van der Waals surface area contributed by atoms with Crippen LogP contribution in [-0.2, 0) is 4.79 Å². The number of pyridine rings is 1. The average Bonchev–Trinajstić information content (AvgIpc) is 2.64. The Morgan fingerprint density at radius 2 is 1.88 bits per heavy atom. The summed E-state index contributed by atoms with van der Waals surface area (Å²) in [5.74, 6) is -0.00336. The van der Waals surface area contributed by atoms with E-state index < -0.39 is 0 Å². The van der Waals surface area contributed by atoms with Crippen LogP contribution in [0.3, 0.4) is 0 Å². The zero-order valence-electron chi connectivity index (χ0n) is 13.9. The van der Waals surface area contributed by atoms with Gasteiger partial charge in [-0.2, -0.15) is 0 Å². The molecule has 0 radical (unpaired) electrons. The van der Waals surface area contributed by atoms with Crippen molar-refractivity contribution in [2.75, 3.05) is 23.3 Å². The molecule has 1 aromatic carbocycles. The van der Waals surface area contributed by atoms with Gasteiger partial charge < -0.3 is 10.2 Å². The first kappa shape index (κ1) is 16.8. The van der Waals surface area contributed by atoms with Crippen molar-refractivity contribution >= 4 is 29.0 Å². The van der Waals surface area contributed by atoms with Gasteiger partial charge in [0.1, 0.15) is 0 Å². The van der Waals surface area contributed by atoms with Crippen LogP contribution >= 0.6 is 11.8 Å². The van der Waals surface area contributed by atoms with Crippen LogP contribution in [-0.4, -0.2) is 29.2 Å². The molecule has 1 aromatic heterocycles. The van der Waals surface area contributed by atoms with Crippen LogP contribution in [0.25, 0.3) is 0 Å². The highest BCUT2D eigenvalue weighted by Crippen LogP contribution is 2.24. The number of amides is 1. The smallest absolute Gasteiger partial charge is 0.237 e. The van der Waals surface area contributed by atoms with Crippen molar-refractivity contribution in [2.45, 2.75) is 36.5 Å². The topological polar surface area (TPSA) is 45.2 Å². The Morgan fingerprint density at radius 1 is 1.12 bits per heavy atom. The first-order valence-electron chi connectivity index (χ1n) is 8.46. The van der Waals surface area contributed by atoms with Crippen LogP contribution in [0.1, 0.15) is 26.2 Å². The number of nitrogens with one attached hydrogen (secondary N) is 1. The number of benzene rings is 1. The number of hydrogen-bond acceptors (Lipinski definition) is 4. The summed E-state index contributed by atoms with van der Waals surface area (Å²) >= 11 is 1.47. The minimum absolute atomic E-state index is 0.00336. The first-order chi connectivity index (χ1) is 11.7. The minimum atomic E-state index is -0.193. The second-order valence-corrected chi connectivity index (χ2v) is 7.37. The van der Waals surface area contributed by atoms with Gasteiger partial charge in [0.2, 0.25) is 5.91 Å². The molecule has 1 saturated heterocycles. The van der Waals surface area contributed by atoms with Crippen molar-refractivity contribution < 1.29 is 4.79 Å². The monoisotopic (exact) mass is 341 g/mol. The third-order valence-corrected chi connectivity index (χ3v) is 5.21. The zero-order chi connectivity index (χ0) is 16.8. The van der Waals surface area contributed by atoms with E-state index in [0.29, 0.717) is 0 Å². The van der Waals surface area contributed by atoms with Gasteiger partial charge in [-0.25, -0.2) is 4.98 Å². The Labute approximate surface area is 147 Å². The molecule has 0 bridgehead atoms. The van der Waals surface area contributed by atoms with Gasteiger partial charge in [-0.05, 0) is 62.6 Å². The molecule has 24 heavy (non-hydrogen) atoms. The highest BCUT2D eigenvalue weighted by molar-refractivity contribution is 8.00. The Balaban J connectivity index is 1.55. The largest absolute Gasteiger partial charge is 0.372 e. The SMILES string of the molecule is CC(Sc1ccccn1)C(=O)Nc1ccc(N2CCCCC2)cc1. The third-order valence-electron chi connectivity index (χ3n) is 4.16. The van der Waals surface area contributed by atoms with Gasteiger partial charge in [0, 0.05) is 30.7 Å². The molecule has 1 aliphatic heterocycles. The molecule has 126 valence electrons. The summed E-state index contributed by atoms with van der Waals surface area (Å²) in [7, 11) is 0. The lowest BCUT2D eigenvalue weighted by Crippen LogP contribution is -2.29. The minimum Gasteiger partial charge on any atom is -0.372 e. The molecule has 1 aliphatic rings. The normalized spacial score (nSPS) is 15.8. The third kappa shape index (κ3) is 4.51. The predicted molar refractivity (Wildman–Crippen MR) is 101 cm³/mol. The molecule has 0 spiro atoms. The van der Waals surface area contributed by atoms with E-state index in [1.54, 1.807) is 6.20 Å². The van der Waals surface area contributed by atoms with E-state index in [0.717, 1.165) is 23.8 Å². The molecule has 3 rings (SSSR count). The summed E-state index contributed by atoms with van der Waals surface area (Å²) in [6.07, 6.45) is 5.60. The summed E-state index contributed by atoms with van der Waals surface area (Å²) in [4.78, 5) is 19.0. The average molecular weight is 341 g/mol. The lowest BCUT2D eigenvalue weighted by Gasteiger charge is -2.28. The molecule has 4 nitrogen and oxygen atoms in total. The number of nitrogens with zero attached hydrogens (tertiary/aromatic N) is 2. The van der Waals surface area contributed by atoms with Gasteiger partial charge in [0.15, 0.2) is 0 Å². The fourth-order valence-corrected chi connectivity index (χ4v) is 3.61. The van der Waals surface area contributed by atoms with E-state index in [1.165, 1.54) is 36.7 Å². The molecule has 0 aliphatic carbocycles. The zero-order valence-corrected chi connectivity index (χ0v) is 14.8. The lowest BCUT2D eigenvalue weighted by atomic mass is 10.1. The standard InChI is InChI=1S/C19H23N3OS/c1-15(24-18-7-3-4-12-20-18)19(23)21-16-8-10-17(11-9-16)22-13-5-2-6-14-22/h3-4,7-12,15H,2,5-6,13-14H2,1H3,(H,21,23). The Morgan fingerprint density at radius 3 is 2.54 bits per heavy atom. The lowest BCUT2D eigenvalue weighted by molar-refractivity contribution is -0.115. The number of piperidine rings is 1. The molecule has 1 unspecified atom stereocenters. The van der Waals surface area contributed by atoms with Crippen molar-refractivity contribution in [3.8, 4) is 0 Å². The number of aromatic nitrogens is 1. The van der Waals surface area contributed by atoms with E-state index in [1.807, 2.05) is 37.3 Å². The molecule has 2 aromatic rings. The number of carbonyl (C=O) groups is 1. The summed E-state index contributed by atoms with van der Waals surface area (Å²) in [6, 6.07) is 13.9. The fraction of sp³-hybridized carbons (Fsp3) is 0.368. The van der Waals surface area contributed by atoms with Crippen molar-refractivity contribution in [2.24, 2.45) is 0 Å². The maximum atomic E-state index is 12.3. The second-order valence-electron chi connectivity index (χ2n) is 6.01. The van der Waals surface area contributed by atoms with Crippen molar-refractivity contribution in [1.29, 1.82) is 0 Å². The molecule has 2 heterocycles. The van der Waals surface area contributed by atoms with Crippen molar-refractivity contribution in [3.63, 3.8) is 0 Å². The maximum Gasteiger partial charge on any atom is 0.237 e. The second kappa shape index (κ2) is 8.20. The highest BCUT2D eigenvalue weighted by atomic mass is 32.2. The Hall–Kier alpha value is -2.01. The Bertz CT molecular complexity index is 654. The Kier molecular flexibility index (Phi) is 5.75. The molecular weight excluding hydrogens is 318 g/mol. The molecule has 1 N–H and O–H groups in total. The molecule has 5 heteroatoms. The maximum absolute atomic E-state index is 12.3. The predicted octanol–water partition coefficient (Wildman–Crippen LogP) is 4.19. The van der Waals surface area contributed by atoms with Gasteiger partial charge in [-0.3, -0.25) is 4.79 Å². The van der Waals surface area contributed by atoms with Gasteiger partial charge in [-0.15, -0.1) is 0 Å². The summed E-state index contributed by atoms with van der Waals surface area (Å²) in [5.41, 5.74) is 2.08. The number of rotatable bonds is 5. The first-order valence-corrected chi connectivity index (χ1v) is 9.34.